The molecule has 0 heterocycles. The van der Waals surface area contributed by atoms with Gasteiger partial charge in [-0.15, -0.1) is 0 Å². The molecule has 0 fully saturated rings. The van der Waals surface area contributed by atoms with Crippen LogP contribution in [-0.4, -0.2) is 5.11 Å². The number of aliphatic hydroxyl groups is 1. The van der Waals surface area contributed by atoms with Gasteiger partial charge in [-0.25, -0.2) is 8.78 Å². The van der Waals surface area contributed by atoms with E-state index < -0.39 is 17.7 Å². The van der Waals surface area contributed by atoms with Crippen molar-refractivity contribution in [2.75, 3.05) is 0 Å². The molecule has 0 amide bonds. The Morgan fingerprint density at radius 3 is 2.77 bits per heavy atom. The maximum atomic E-state index is 12.9. The van der Waals surface area contributed by atoms with Gasteiger partial charge in [-0.05, 0) is 18.2 Å². The Kier molecular flexibility index (Phi) is 2.93. The van der Waals surface area contributed by atoms with Crippen molar-refractivity contribution in [2.45, 2.75) is 12.5 Å². The second kappa shape index (κ2) is 3.97. The van der Waals surface area contributed by atoms with Crippen molar-refractivity contribution >= 4 is 0 Å². The monoisotopic (exact) mass is 183 g/mol. The molecule has 0 aromatic heterocycles. The molecule has 13 heavy (non-hydrogen) atoms. The summed E-state index contributed by atoms with van der Waals surface area (Å²) in [6.45, 7) is 0. The lowest BCUT2D eigenvalue weighted by Gasteiger charge is -2.07. The smallest absolute Gasteiger partial charge is 0.129 e. The number of hydrogen-bond donors (Lipinski definition) is 1. The van der Waals surface area contributed by atoms with Gasteiger partial charge < -0.3 is 5.11 Å². The summed E-state index contributed by atoms with van der Waals surface area (Å²) in [6.07, 6.45) is -1.51. The van der Waals surface area contributed by atoms with Crippen molar-refractivity contribution in [1.82, 2.24) is 0 Å². The molecule has 0 saturated heterocycles. The number of nitrogens with zero attached hydrogens (tertiary/aromatic N) is 1. The van der Waals surface area contributed by atoms with Crippen LogP contribution >= 0.6 is 0 Å². The molecule has 1 rings (SSSR count). The zero-order valence-corrected chi connectivity index (χ0v) is 6.67. The van der Waals surface area contributed by atoms with E-state index in [2.05, 4.69) is 0 Å². The molecular formula is C9H7F2NO. The lowest BCUT2D eigenvalue weighted by atomic mass is 10.1. The van der Waals surface area contributed by atoms with Crippen molar-refractivity contribution in [3.05, 3.63) is 35.4 Å². The van der Waals surface area contributed by atoms with Gasteiger partial charge in [-0.2, -0.15) is 5.26 Å². The molecule has 0 aliphatic heterocycles. The Morgan fingerprint density at radius 2 is 2.15 bits per heavy atom. The molecule has 0 aliphatic carbocycles. The Morgan fingerprint density at radius 1 is 1.46 bits per heavy atom. The lowest BCUT2D eigenvalue weighted by molar-refractivity contribution is 0.178. The molecular weight excluding hydrogens is 176 g/mol. The zero-order chi connectivity index (χ0) is 9.84. The second-order valence-electron chi connectivity index (χ2n) is 2.54. The lowest BCUT2D eigenvalue weighted by Crippen LogP contribution is -2.00. The first kappa shape index (κ1) is 9.62. The molecule has 0 spiro atoms. The van der Waals surface area contributed by atoms with E-state index in [9.17, 15) is 13.9 Å². The largest absolute Gasteiger partial charge is 0.387 e. The van der Waals surface area contributed by atoms with E-state index >= 15 is 0 Å². The van der Waals surface area contributed by atoms with Crippen LogP contribution in [0.3, 0.4) is 0 Å². The molecule has 1 N–H and O–H groups in total. The fourth-order valence-electron chi connectivity index (χ4n) is 0.966. The fourth-order valence-corrected chi connectivity index (χ4v) is 0.966. The average molecular weight is 183 g/mol. The van der Waals surface area contributed by atoms with Crippen molar-refractivity contribution in [1.29, 1.82) is 5.26 Å². The summed E-state index contributed by atoms with van der Waals surface area (Å²) in [7, 11) is 0. The van der Waals surface area contributed by atoms with Crippen LogP contribution in [0.25, 0.3) is 0 Å². The highest BCUT2D eigenvalue weighted by atomic mass is 19.1. The first-order valence-corrected chi connectivity index (χ1v) is 3.65. The van der Waals surface area contributed by atoms with Crippen LogP contribution in [0.5, 0.6) is 0 Å². The van der Waals surface area contributed by atoms with Crippen molar-refractivity contribution in [3.63, 3.8) is 0 Å². The van der Waals surface area contributed by atoms with E-state index in [-0.39, 0.29) is 12.0 Å². The van der Waals surface area contributed by atoms with E-state index in [0.29, 0.717) is 0 Å². The van der Waals surface area contributed by atoms with Gasteiger partial charge in [0, 0.05) is 5.56 Å². The summed E-state index contributed by atoms with van der Waals surface area (Å²) >= 11 is 0. The van der Waals surface area contributed by atoms with Gasteiger partial charge in [-0.1, -0.05) is 0 Å². The Bertz CT molecular complexity index is 346. The standard InChI is InChI=1S/C9H7F2NO/c10-6-1-2-8(11)7(5-6)9(13)3-4-12/h1-2,5,9,13H,3H2/t9-/m0/s1. The second-order valence-corrected chi connectivity index (χ2v) is 2.54. The summed E-state index contributed by atoms with van der Waals surface area (Å²) in [5, 5.41) is 17.4. The molecule has 1 aromatic carbocycles. The highest BCUT2D eigenvalue weighted by Gasteiger charge is 2.12. The van der Waals surface area contributed by atoms with Gasteiger partial charge >= 0.3 is 0 Å². The van der Waals surface area contributed by atoms with E-state index in [1.54, 1.807) is 6.07 Å². The van der Waals surface area contributed by atoms with Gasteiger partial charge in [0.05, 0.1) is 18.6 Å². The highest BCUT2D eigenvalue weighted by Crippen LogP contribution is 2.20. The average Bonchev–Trinajstić information content (AvgIpc) is 2.09. The first-order chi connectivity index (χ1) is 6.15. The topological polar surface area (TPSA) is 44.0 Å². The third kappa shape index (κ3) is 2.23. The summed E-state index contributed by atoms with van der Waals surface area (Å²) in [5.41, 5.74) is -0.179. The minimum absolute atomic E-state index is 0.179. The number of aliphatic hydroxyl groups excluding tert-OH is 1. The Hall–Kier alpha value is -1.47. The maximum absolute atomic E-state index is 12.9. The molecule has 1 aromatic rings. The normalized spacial score (nSPS) is 12.2. The van der Waals surface area contributed by atoms with Gasteiger partial charge in [0.15, 0.2) is 0 Å². The minimum atomic E-state index is -1.26. The maximum Gasteiger partial charge on any atom is 0.129 e. The SMILES string of the molecule is N#CC[C@H](O)c1cc(F)ccc1F. The molecule has 0 saturated carbocycles. The molecule has 2 nitrogen and oxygen atoms in total. The van der Waals surface area contributed by atoms with E-state index in [0.717, 1.165) is 18.2 Å². The van der Waals surface area contributed by atoms with Crippen molar-refractivity contribution < 1.29 is 13.9 Å². The fraction of sp³-hybridized carbons (Fsp3) is 0.222. The third-order valence-electron chi connectivity index (χ3n) is 1.60. The first-order valence-electron chi connectivity index (χ1n) is 3.65. The van der Waals surface area contributed by atoms with Crippen LogP contribution in [0.1, 0.15) is 18.1 Å². The number of hydrogen-bond acceptors (Lipinski definition) is 2. The predicted molar refractivity (Wildman–Crippen MR) is 41.5 cm³/mol. The van der Waals surface area contributed by atoms with Crippen molar-refractivity contribution in [2.24, 2.45) is 0 Å². The van der Waals surface area contributed by atoms with Crippen LogP contribution in [0, 0.1) is 23.0 Å². The number of nitriles is 1. The van der Waals surface area contributed by atoms with Crippen LogP contribution in [0.2, 0.25) is 0 Å². The zero-order valence-electron chi connectivity index (χ0n) is 6.67. The quantitative estimate of drug-likeness (QED) is 0.761. The molecule has 4 heteroatoms. The Balaban J connectivity index is 3.00. The summed E-state index contributed by atoms with van der Waals surface area (Å²) < 4.78 is 25.5. The van der Waals surface area contributed by atoms with E-state index in [4.69, 9.17) is 5.26 Å². The summed E-state index contributed by atoms with van der Waals surface area (Å²) in [5.74, 6) is -1.34. The van der Waals surface area contributed by atoms with Gasteiger partial charge in [-0.3, -0.25) is 0 Å². The van der Waals surface area contributed by atoms with Crippen LogP contribution < -0.4 is 0 Å². The third-order valence-corrected chi connectivity index (χ3v) is 1.60. The van der Waals surface area contributed by atoms with Gasteiger partial charge in [0.2, 0.25) is 0 Å². The minimum Gasteiger partial charge on any atom is -0.387 e. The van der Waals surface area contributed by atoms with Crippen LogP contribution in [0.15, 0.2) is 18.2 Å². The Labute approximate surface area is 74.0 Å². The van der Waals surface area contributed by atoms with E-state index in [1.807, 2.05) is 0 Å². The van der Waals surface area contributed by atoms with Crippen LogP contribution in [-0.2, 0) is 0 Å². The molecule has 1 atom stereocenters. The molecule has 0 aliphatic rings. The van der Waals surface area contributed by atoms with Crippen molar-refractivity contribution in [3.8, 4) is 6.07 Å². The number of benzene rings is 1. The highest BCUT2D eigenvalue weighted by molar-refractivity contribution is 5.21. The van der Waals surface area contributed by atoms with Gasteiger partial charge in [0.25, 0.3) is 0 Å². The molecule has 68 valence electrons. The summed E-state index contributed by atoms with van der Waals surface area (Å²) in [6, 6.07) is 4.44. The molecule has 0 bridgehead atoms. The predicted octanol–water partition coefficient (Wildman–Crippen LogP) is 1.91. The van der Waals surface area contributed by atoms with E-state index in [1.165, 1.54) is 0 Å². The summed E-state index contributed by atoms with van der Waals surface area (Å²) in [4.78, 5) is 0. The van der Waals surface area contributed by atoms with Crippen LogP contribution in [0.4, 0.5) is 8.78 Å². The van der Waals surface area contributed by atoms with Gasteiger partial charge in [0.1, 0.15) is 11.6 Å². The number of halogens is 2. The molecule has 0 radical (unpaired) electrons. The number of rotatable bonds is 2. The molecule has 0 unspecified atom stereocenters.